The lowest BCUT2D eigenvalue weighted by atomic mass is 10.1. The van der Waals surface area contributed by atoms with Gasteiger partial charge in [-0.2, -0.15) is 5.12 Å². The summed E-state index contributed by atoms with van der Waals surface area (Å²) in [5.74, 6) is 5.20. The second kappa shape index (κ2) is 7.26. The number of hydrazine groups is 1. The maximum atomic E-state index is 9.93. The molecule has 0 heterocycles. The summed E-state index contributed by atoms with van der Waals surface area (Å²) >= 11 is 0. The number of nitroso groups, excluding NO2 is 1. The van der Waals surface area contributed by atoms with Gasteiger partial charge in [-0.15, -0.1) is 4.91 Å². The molecule has 0 spiro atoms. The highest BCUT2D eigenvalue weighted by Gasteiger charge is 1.92. The van der Waals surface area contributed by atoms with Crippen LogP contribution < -0.4 is 5.84 Å². The molecule has 2 N–H and O–H groups in total. The van der Waals surface area contributed by atoms with E-state index in [4.69, 9.17) is 5.84 Å². The molecular formula is C10H19N3O. The zero-order valence-electron chi connectivity index (χ0n) is 9.16. The second-order valence-corrected chi connectivity index (χ2v) is 3.57. The molecule has 0 saturated carbocycles. The molecule has 0 unspecified atom stereocenters. The van der Waals surface area contributed by atoms with E-state index in [-0.39, 0.29) is 0 Å². The Kier molecular flexibility index (Phi) is 6.66. The molecule has 4 nitrogen and oxygen atoms in total. The van der Waals surface area contributed by atoms with Crippen molar-refractivity contribution in [3.8, 4) is 0 Å². The maximum absolute atomic E-state index is 9.93. The Bertz CT molecular complexity index is 230. The number of rotatable bonds is 6. The van der Waals surface area contributed by atoms with Crippen molar-refractivity contribution < 1.29 is 0 Å². The Labute approximate surface area is 85.4 Å². The summed E-state index contributed by atoms with van der Waals surface area (Å²) in [6.07, 6.45) is 6.14. The Morgan fingerprint density at radius 3 is 2.50 bits per heavy atom. The average molecular weight is 197 g/mol. The number of nitrogens with two attached hydrogens (primary N) is 1. The normalized spacial score (nSPS) is 11.0. The van der Waals surface area contributed by atoms with Gasteiger partial charge in [0.15, 0.2) is 0 Å². The van der Waals surface area contributed by atoms with Crippen LogP contribution in [0.25, 0.3) is 0 Å². The van der Waals surface area contributed by atoms with Crippen molar-refractivity contribution in [2.24, 2.45) is 11.1 Å². The molecule has 0 rings (SSSR count). The summed E-state index contributed by atoms with van der Waals surface area (Å²) in [5.41, 5.74) is 2.55. The van der Waals surface area contributed by atoms with Gasteiger partial charge in [0.25, 0.3) is 0 Å². The first-order valence-corrected chi connectivity index (χ1v) is 4.70. The minimum absolute atomic E-state index is 0.379. The van der Waals surface area contributed by atoms with Crippen LogP contribution in [0.4, 0.5) is 0 Å². The van der Waals surface area contributed by atoms with Gasteiger partial charge >= 0.3 is 0 Å². The first-order valence-electron chi connectivity index (χ1n) is 4.70. The van der Waals surface area contributed by atoms with Crippen LogP contribution in [0.1, 0.15) is 33.6 Å². The first kappa shape index (κ1) is 12.8. The predicted octanol–water partition coefficient (Wildman–Crippen LogP) is 2.54. The molecule has 0 aliphatic rings. The minimum atomic E-state index is 0.379. The molecule has 0 atom stereocenters. The highest BCUT2D eigenvalue weighted by atomic mass is 16.3. The summed E-state index contributed by atoms with van der Waals surface area (Å²) in [5, 5.41) is 3.45. The SMILES string of the molecule is CC(C)=CCC/C(C)=C/CN(N)N=O. The first-order chi connectivity index (χ1) is 6.56. The summed E-state index contributed by atoms with van der Waals surface area (Å²) in [7, 11) is 0. The third kappa shape index (κ3) is 7.49. The Morgan fingerprint density at radius 1 is 1.36 bits per heavy atom. The average Bonchev–Trinajstić information content (AvgIpc) is 2.13. The van der Waals surface area contributed by atoms with Gasteiger partial charge in [0.1, 0.15) is 0 Å². The number of nitrogens with zero attached hydrogens (tertiary/aromatic N) is 2. The van der Waals surface area contributed by atoms with Crippen LogP contribution in [-0.4, -0.2) is 11.7 Å². The fraction of sp³-hybridized carbons (Fsp3) is 0.600. The topological polar surface area (TPSA) is 58.7 Å². The van der Waals surface area contributed by atoms with E-state index in [2.05, 4.69) is 25.2 Å². The molecule has 0 radical (unpaired) electrons. The van der Waals surface area contributed by atoms with Crippen LogP contribution in [0.3, 0.4) is 0 Å². The van der Waals surface area contributed by atoms with Crippen LogP contribution in [0, 0.1) is 4.91 Å². The molecule has 0 amide bonds. The molecule has 4 heteroatoms. The van der Waals surface area contributed by atoms with Gasteiger partial charge in [-0.1, -0.05) is 23.3 Å². The van der Waals surface area contributed by atoms with E-state index in [1.807, 2.05) is 13.0 Å². The monoisotopic (exact) mass is 197 g/mol. The number of allylic oxidation sites excluding steroid dienone is 3. The molecule has 0 aliphatic heterocycles. The van der Waals surface area contributed by atoms with Crippen LogP contribution >= 0.6 is 0 Å². The fourth-order valence-corrected chi connectivity index (χ4v) is 0.973. The van der Waals surface area contributed by atoms with Gasteiger partial charge in [0, 0.05) is 0 Å². The van der Waals surface area contributed by atoms with Crippen LogP contribution in [0.15, 0.2) is 28.6 Å². The van der Waals surface area contributed by atoms with Gasteiger partial charge < -0.3 is 0 Å². The van der Waals surface area contributed by atoms with Crippen LogP contribution in [0.2, 0.25) is 0 Å². The third-order valence-electron chi connectivity index (χ3n) is 1.82. The van der Waals surface area contributed by atoms with Gasteiger partial charge in [0.2, 0.25) is 0 Å². The second-order valence-electron chi connectivity index (χ2n) is 3.57. The molecule has 0 aromatic heterocycles. The Balaban J connectivity index is 3.78. The number of hydrogen-bond acceptors (Lipinski definition) is 3. The lowest BCUT2D eigenvalue weighted by Crippen LogP contribution is -2.24. The zero-order valence-corrected chi connectivity index (χ0v) is 9.16. The van der Waals surface area contributed by atoms with E-state index in [9.17, 15) is 4.91 Å². The molecule has 0 aromatic rings. The molecule has 0 saturated heterocycles. The molecule has 0 bridgehead atoms. The zero-order chi connectivity index (χ0) is 11.0. The largest absolute Gasteiger partial charge is 0.228 e. The van der Waals surface area contributed by atoms with Crippen molar-refractivity contribution >= 4 is 0 Å². The van der Waals surface area contributed by atoms with Gasteiger partial charge in [-0.25, -0.2) is 5.84 Å². The van der Waals surface area contributed by atoms with Crippen molar-refractivity contribution in [3.05, 3.63) is 28.2 Å². The smallest absolute Gasteiger partial charge is 0.0746 e. The molecule has 80 valence electrons. The van der Waals surface area contributed by atoms with E-state index in [1.54, 1.807) is 0 Å². The van der Waals surface area contributed by atoms with Crippen LogP contribution in [0.5, 0.6) is 0 Å². The summed E-state index contributed by atoms with van der Waals surface area (Å²) in [6, 6.07) is 0. The van der Waals surface area contributed by atoms with E-state index < -0.39 is 0 Å². The molecule has 0 fully saturated rings. The van der Waals surface area contributed by atoms with Crippen molar-refractivity contribution in [1.82, 2.24) is 5.12 Å². The summed E-state index contributed by atoms with van der Waals surface area (Å²) in [6.45, 7) is 6.57. The highest BCUT2D eigenvalue weighted by Crippen LogP contribution is 2.06. The lowest BCUT2D eigenvalue weighted by Gasteiger charge is -2.04. The van der Waals surface area contributed by atoms with E-state index in [0.29, 0.717) is 6.54 Å². The third-order valence-corrected chi connectivity index (χ3v) is 1.82. The van der Waals surface area contributed by atoms with Gasteiger partial charge in [-0.05, 0) is 33.6 Å². The standard InChI is InChI=1S/C10H19N3O/c1-9(2)5-4-6-10(3)7-8-13(11)12-14/h5,7H,4,6,8,11H2,1-3H3/b10-7+. The highest BCUT2D eigenvalue weighted by molar-refractivity contribution is 5.02. The van der Waals surface area contributed by atoms with Gasteiger partial charge in [0.05, 0.1) is 11.8 Å². The minimum Gasteiger partial charge on any atom is -0.228 e. The summed E-state index contributed by atoms with van der Waals surface area (Å²) in [4.78, 5) is 9.93. The molecule has 0 aliphatic carbocycles. The van der Waals surface area contributed by atoms with Crippen molar-refractivity contribution in [1.29, 1.82) is 0 Å². The molecule has 14 heavy (non-hydrogen) atoms. The predicted molar refractivity (Wildman–Crippen MR) is 59.1 cm³/mol. The lowest BCUT2D eigenvalue weighted by molar-refractivity contribution is 0.328. The van der Waals surface area contributed by atoms with Crippen molar-refractivity contribution in [2.45, 2.75) is 33.6 Å². The maximum Gasteiger partial charge on any atom is 0.0746 e. The quantitative estimate of drug-likeness (QED) is 0.308. The van der Waals surface area contributed by atoms with E-state index >= 15 is 0 Å². The Morgan fingerprint density at radius 2 is 2.00 bits per heavy atom. The van der Waals surface area contributed by atoms with E-state index in [0.717, 1.165) is 18.0 Å². The molecular weight excluding hydrogens is 178 g/mol. The van der Waals surface area contributed by atoms with Crippen molar-refractivity contribution in [2.75, 3.05) is 6.54 Å². The molecule has 0 aromatic carbocycles. The van der Waals surface area contributed by atoms with Gasteiger partial charge in [-0.3, -0.25) is 0 Å². The fourth-order valence-electron chi connectivity index (χ4n) is 0.973. The number of hydrogen-bond donors (Lipinski definition) is 1. The Hall–Kier alpha value is -1.16. The van der Waals surface area contributed by atoms with Crippen LogP contribution in [-0.2, 0) is 0 Å². The summed E-state index contributed by atoms with van der Waals surface area (Å²) < 4.78 is 0. The van der Waals surface area contributed by atoms with E-state index in [1.165, 1.54) is 11.1 Å². The van der Waals surface area contributed by atoms with Crippen molar-refractivity contribution in [3.63, 3.8) is 0 Å².